The van der Waals surface area contributed by atoms with Crippen molar-refractivity contribution in [2.75, 3.05) is 36.5 Å². The van der Waals surface area contributed by atoms with Gasteiger partial charge < -0.3 is 15.0 Å². The van der Waals surface area contributed by atoms with Gasteiger partial charge in [0.25, 0.3) is 0 Å². The molecule has 2 aromatic heterocycles. The number of hydrogen-bond donors (Lipinski definition) is 1. The summed E-state index contributed by atoms with van der Waals surface area (Å²) < 4.78 is 5.34. The second-order valence-electron chi connectivity index (χ2n) is 4.55. The van der Waals surface area contributed by atoms with Crippen LogP contribution in [0.15, 0.2) is 36.8 Å². The fourth-order valence-electron chi connectivity index (χ4n) is 2.06. The number of nitrogens with one attached hydrogen (secondary N) is 1. The van der Waals surface area contributed by atoms with Crippen molar-refractivity contribution in [3.05, 3.63) is 42.4 Å². The Kier molecular flexibility index (Phi) is 4.03. The third-order valence-corrected chi connectivity index (χ3v) is 3.16. The van der Waals surface area contributed by atoms with Crippen LogP contribution in [0.4, 0.5) is 11.8 Å². The van der Waals surface area contributed by atoms with Crippen LogP contribution < -0.4 is 10.2 Å². The Labute approximate surface area is 117 Å². The van der Waals surface area contributed by atoms with E-state index in [0.717, 1.165) is 44.6 Å². The predicted octanol–water partition coefficient (Wildman–Crippen LogP) is 1.32. The van der Waals surface area contributed by atoms with Crippen LogP contribution in [0.3, 0.4) is 0 Å². The minimum absolute atomic E-state index is 0.724. The van der Waals surface area contributed by atoms with Crippen LogP contribution in [-0.2, 0) is 11.3 Å². The maximum Gasteiger partial charge on any atom is 0.227 e. The molecular formula is C14H17N5O. The number of aromatic nitrogens is 3. The van der Waals surface area contributed by atoms with E-state index in [-0.39, 0.29) is 0 Å². The molecule has 0 atom stereocenters. The van der Waals surface area contributed by atoms with Crippen molar-refractivity contribution in [3.8, 4) is 0 Å². The summed E-state index contributed by atoms with van der Waals surface area (Å²) in [6, 6.07) is 5.85. The van der Waals surface area contributed by atoms with Gasteiger partial charge in [0.15, 0.2) is 0 Å². The Hall–Kier alpha value is -2.21. The van der Waals surface area contributed by atoms with E-state index >= 15 is 0 Å². The molecule has 1 saturated heterocycles. The first kappa shape index (κ1) is 12.8. The third-order valence-electron chi connectivity index (χ3n) is 3.16. The molecule has 20 heavy (non-hydrogen) atoms. The van der Waals surface area contributed by atoms with Gasteiger partial charge in [0.1, 0.15) is 5.82 Å². The van der Waals surface area contributed by atoms with E-state index in [4.69, 9.17) is 4.74 Å². The first-order valence-electron chi connectivity index (χ1n) is 6.70. The van der Waals surface area contributed by atoms with Crippen LogP contribution in [0, 0.1) is 0 Å². The molecular weight excluding hydrogens is 254 g/mol. The van der Waals surface area contributed by atoms with E-state index in [1.54, 1.807) is 18.6 Å². The highest BCUT2D eigenvalue weighted by Gasteiger charge is 2.13. The molecule has 1 aliphatic heterocycles. The molecule has 1 fully saturated rings. The number of rotatable bonds is 4. The summed E-state index contributed by atoms with van der Waals surface area (Å²) >= 11 is 0. The molecule has 0 amide bonds. The topological polar surface area (TPSA) is 63.2 Å². The van der Waals surface area contributed by atoms with E-state index in [2.05, 4.69) is 25.2 Å². The molecule has 1 N–H and O–H groups in total. The normalized spacial score (nSPS) is 15.1. The largest absolute Gasteiger partial charge is 0.378 e. The van der Waals surface area contributed by atoms with Crippen LogP contribution in [0.1, 0.15) is 5.56 Å². The van der Waals surface area contributed by atoms with Gasteiger partial charge in [-0.25, -0.2) is 4.98 Å². The molecule has 0 radical (unpaired) electrons. The van der Waals surface area contributed by atoms with Crippen molar-refractivity contribution in [2.45, 2.75) is 6.54 Å². The van der Waals surface area contributed by atoms with Gasteiger partial charge in [0, 0.05) is 38.2 Å². The van der Waals surface area contributed by atoms with Crippen molar-refractivity contribution < 1.29 is 4.74 Å². The fraction of sp³-hybridized carbons (Fsp3) is 0.357. The van der Waals surface area contributed by atoms with Gasteiger partial charge in [-0.2, -0.15) is 4.98 Å². The van der Waals surface area contributed by atoms with Crippen LogP contribution in [0.25, 0.3) is 0 Å². The standard InChI is InChI=1S/C14H17N5O/c1-4-15-5-2-12(1)11-17-13-3-6-16-14(18-13)19-7-9-20-10-8-19/h1-6H,7-11H2,(H,16,17,18). The predicted molar refractivity (Wildman–Crippen MR) is 76.6 cm³/mol. The van der Waals surface area contributed by atoms with Crippen LogP contribution in [0.2, 0.25) is 0 Å². The zero-order valence-corrected chi connectivity index (χ0v) is 11.2. The zero-order chi connectivity index (χ0) is 13.6. The lowest BCUT2D eigenvalue weighted by Gasteiger charge is -2.26. The maximum atomic E-state index is 5.34. The van der Waals surface area contributed by atoms with Gasteiger partial charge in [-0.1, -0.05) is 0 Å². The summed E-state index contributed by atoms with van der Waals surface area (Å²) in [5.41, 5.74) is 1.17. The SMILES string of the molecule is c1cc(CNc2ccnc(N3CCOCC3)n2)ccn1. The summed E-state index contributed by atoms with van der Waals surface area (Å²) in [6.07, 6.45) is 5.36. The van der Waals surface area contributed by atoms with Gasteiger partial charge >= 0.3 is 0 Å². The highest BCUT2D eigenvalue weighted by atomic mass is 16.5. The Morgan fingerprint density at radius 3 is 2.70 bits per heavy atom. The highest BCUT2D eigenvalue weighted by molar-refractivity contribution is 5.41. The van der Waals surface area contributed by atoms with Crippen LogP contribution >= 0.6 is 0 Å². The van der Waals surface area contributed by atoms with Crippen LogP contribution in [-0.4, -0.2) is 41.3 Å². The Bertz CT molecular complexity index is 542. The number of hydrogen-bond acceptors (Lipinski definition) is 6. The summed E-state index contributed by atoms with van der Waals surface area (Å²) in [5, 5.41) is 3.30. The van der Waals surface area contributed by atoms with Crippen LogP contribution in [0.5, 0.6) is 0 Å². The van der Waals surface area contributed by atoms with Crippen molar-refractivity contribution >= 4 is 11.8 Å². The number of morpholine rings is 1. The number of anilines is 2. The van der Waals surface area contributed by atoms with Crippen molar-refractivity contribution in [2.24, 2.45) is 0 Å². The first-order valence-corrected chi connectivity index (χ1v) is 6.70. The molecule has 3 rings (SSSR count). The minimum Gasteiger partial charge on any atom is -0.378 e. The average molecular weight is 271 g/mol. The summed E-state index contributed by atoms with van der Waals surface area (Å²) in [6.45, 7) is 3.87. The summed E-state index contributed by atoms with van der Waals surface area (Å²) in [4.78, 5) is 15.0. The first-order chi connectivity index (χ1) is 9.92. The second kappa shape index (κ2) is 6.29. The molecule has 1 aliphatic rings. The molecule has 3 heterocycles. The Morgan fingerprint density at radius 2 is 1.90 bits per heavy atom. The van der Waals surface area contributed by atoms with Gasteiger partial charge in [-0.3, -0.25) is 4.98 Å². The Balaban J connectivity index is 1.65. The molecule has 0 aliphatic carbocycles. The van der Waals surface area contributed by atoms with Gasteiger partial charge in [0.2, 0.25) is 5.95 Å². The number of ether oxygens (including phenoxy) is 1. The zero-order valence-electron chi connectivity index (χ0n) is 11.2. The lowest BCUT2D eigenvalue weighted by atomic mass is 10.3. The number of pyridine rings is 1. The molecule has 104 valence electrons. The van der Waals surface area contributed by atoms with Crippen molar-refractivity contribution in [3.63, 3.8) is 0 Å². The van der Waals surface area contributed by atoms with E-state index in [1.807, 2.05) is 18.2 Å². The smallest absolute Gasteiger partial charge is 0.227 e. The monoisotopic (exact) mass is 271 g/mol. The van der Waals surface area contributed by atoms with E-state index in [9.17, 15) is 0 Å². The molecule has 2 aromatic rings. The molecule has 0 aromatic carbocycles. The maximum absolute atomic E-state index is 5.34. The molecule has 0 unspecified atom stereocenters. The van der Waals surface area contributed by atoms with E-state index in [0.29, 0.717) is 0 Å². The van der Waals surface area contributed by atoms with E-state index < -0.39 is 0 Å². The lowest BCUT2D eigenvalue weighted by molar-refractivity contribution is 0.122. The minimum atomic E-state index is 0.724. The average Bonchev–Trinajstić information content (AvgIpc) is 2.55. The molecule has 0 spiro atoms. The lowest BCUT2D eigenvalue weighted by Crippen LogP contribution is -2.37. The fourth-order valence-corrected chi connectivity index (χ4v) is 2.06. The summed E-state index contributed by atoms with van der Waals surface area (Å²) in [7, 11) is 0. The van der Waals surface area contributed by atoms with Gasteiger partial charge in [0.05, 0.1) is 13.2 Å². The third kappa shape index (κ3) is 3.21. The highest BCUT2D eigenvalue weighted by Crippen LogP contribution is 2.13. The molecule has 0 bridgehead atoms. The van der Waals surface area contributed by atoms with E-state index in [1.165, 1.54) is 5.56 Å². The Morgan fingerprint density at radius 1 is 1.10 bits per heavy atom. The van der Waals surface area contributed by atoms with Crippen molar-refractivity contribution in [1.29, 1.82) is 0 Å². The summed E-state index contributed by atoms with van der Waals surface area (Å²) in [5.74, 6) is 1.59. The van der Waals surface area contributed by atoms with Gasteiger partial charge in [-0.05, 0) is 23.8 Å². The number of nitrogens with zero attached hydrogens (tertiary/aromatic N) is 4. The molecule has 6 heteroatoms. The van der Waals surface area contributed by atoms with Gasteiger partial charge in [-0.15, -0.1) is 0 Å². The molecule has 6 nitrogen and oxygen atoms in total. The quantitative estimate of drug-likeness (QED) is 0.905. The second-order valence-corrected chi connectivity index (χ2v) is 4.55. The molecule has 0 saturated carbocycles. The van der Waals surface area contributed by atoms with Crippen molar-refractivity contribution in [1.82, 2.24) is 15.0 Å².